The van der Waals surface area contributed by atoms with Crippen molar-refractivity contribution in [2.45, 2.75) is 31.7 Å². The maximum atomic E-state index is 13.1. The van der Waals surface area contributed by atoms with E-state index in [4.69, 9.17) is 4.98 Å². The highest BCUT2D eigenvalue weighted by atomic mass is 16.2. The molecule has 4 heterocycles. The van der Waals surface area contributed by atoms with Gasteiger partial charge in [-0.2, -0.15) is 4.98 Å². The van der Waals surface area contributed by atoms with Crippen molar-refractivity contribution in [3.63, 3.8) is 0 Å². The minimum atomic E-state index is -0.462. The van der Waals surface area contributed by atoms with Crippen molar-refractivity contribution in [2.75, 3.05) is 29.9 Å². The van der Waals surface area contributed by atoms with Crippen LogP contribution in [0.4, 0.5) is 11.6 Å². The summed E-state index contributed by atoms with van der Waals surface area (Å²) in [4.78, 5) is 37.1. The van der Waals surface area contributed by atoms with Crippen LogP contribution in [0.2, 0.25) is 0 Å². The molecule has 7 nitrogen and oxygen atoms in total. The summed E-state index contributed by atoms with van der Waals surface area (Å²) in [7, 11) is 1.86. The molecule has 3 aromatic rings. The third kappa shape index (κ3) is 2.19. The first kappa shape index (κ1) is 17.0. The molecule has 5 rings (SSSR count). The number of carbonyl (C=O) groups excluding carboxylic acids is 1. The van der Waals surface area contributed by atoms with E-state index in [2.05, 4.69) is 16.0 Å². The fraction of sp³-hybridized carbons (Fsp3) is 0.381. The highest BCUT2D eigenvalue weighted by Gasteiger charge is 2.51. The van der Waals surface area contributed by atoms with Crippen LogP contribution < -0.4 is 15.4 Å². The molecule has 0 saturated carbocycles. The molecule has 1 amide bonds. The number of aromatic nitrogens is 3. The number of fused-ring (bicyclic) bond motifs is 3. The maximum absolute atomic E-state index is 13.1. The van der Waals surface area contributed by atoms with Gasteiger partial charge in [0.25, 0.3) is 5.56 Å². The van der Waals surface area contributed by atoms with Crippen LogP contribution in [0, 0.1) is 0 Å². The molecule has 0 atom stereocenters. The Morgan fingerprint density at radius 1 is 1.14 bits per heavy atom. The Labute approximate surface area is 162 Å². The zero-order chi connectivity index (χ0) is 19.5. The van der Waals surface area contributed by atoms with Crippen LogP contribution in [0.3, 0.4) is 0 Å². The summed E-state index contributed by atoms with van der Waals surface area (Å²) in [5, 5.41) is 0.612. The quantitative estimate of drug-likeness (QED) is 0.743. The number of anilines is 2. The van der Waals surface area contributed by atoms with Gasteiger partial charge >= 0.3 is 0 Å². The molecule has 1 saturated heterocycles. The van der Waals surface area contributed by atoms with Crippen LogP contribution in [-0.2, 0) is 16.8 Å². The van der Waals surface area contributed by atoms with Gasteiger partial charge in [0.05, 0.1) is 10.8 Å². The minimum absolute atomic E-state index is 0.116. The predicted octanol–water partition coefficient (Wildman–Crippen LogP) is 2.26. The smallest absolute Gasteiger partial charge is 0.261 e. The van der Waals surface area contributed by atoms with Crippen molar-refractivity contribution in [3.8, 4) is 0 Å². The first-order chi connectivity index (χ1) is 13.5. The van der Waals surface area contributed by atoms with E-state index in [1.807, 2.05) is 49.0 Å². The van der Waals surface area contributed by atoms with Crippen LogP contribution in [0.15, 0.2) is 41.3 Å². The van der Waals surface area contributed by atoms with Crippen LogP contribution in [0.1, 0.15) is 25.3 Å². The second kappa shape index (κ2) is 5.95. The Hall–Kier alpha value is -3.09. The summed E-state index contributed by atoms with van der Waals surface area (Å²) in [6, 6.07) is 9.88. The molecule has 1 N–H and O–H groups in total. The van der Waals surface area contributed by atoms with Gasteiger partial charge in [-0.1, -0.05) is 18.2 Å². The number of hydrogen-bond donors (Lipinski definition) is 1. The average Bonchev–Trinajstić information content (AvgIpc) is 3.23. The molecule has 1 fully saturated rings. The highest BCUT2D eigenvalue weighted by Crippen LogP contribution is 2.47. The number of H-pyrrole nitrogens is 1. The van der Waals surface area contributed by atoms with Gasteiger partial charge in [0.15, 0.2) is 0 Å². The number of nitrogens with zero attached hydrogens (tertiary/aromatic N) is 4. The summed E-state index contributed by atoms with van der Waals surface area (Å²) in [6.45, 7) is 4.15. The number of aromatic amines is 1. The Morgan fingerprint density at radius 2 is 1.89 bits per heavy atom. The van der Waals surface area contributed by atoms with Crippen molar-refractivity contribution in [1.29, 1.82) is 0 Å². The van der Waals surface area contributed by atoms with Crippen LogP contribution in [0.25, 0.3) is 11.0 Å². The zero-order valence-electron chi connectivity index (χ0n) is 16.1. The number of carbonyl (C=O) groups is 1. The summed E-state index contributed by atoms with van der Waals surface area (Å²) in [5.41, 5.74) is 2.27. The fourth-order valence-corrected chi connectivity index (χ4v) is 4.77. The van der Waals surface area contributed by atoms with Crippen LogP contribution >= 0.6 is 0 Å². The van der Waals surface area contributed by atoms with Crippen molar-refractivity contribution < 1.29 is 4.79 Å². The second-order valence-electron chi connectivity index (χ2n) is 7.68. The second-order valence-corrected chi connectivity index (χ2v) is 7.68. The van der Waals surface area contributed by atoms with E-state index in [0.717, 1.165) is 17.8 Å². The van der Waals surface area contributed by atoms with Gasteiger partial charge in [-0.15, -0.1) is 0 Å². The van der Waals surface area contributed by atoms with E-state index in [-0.39, 0.29) is 11.5 Å². The fourth-order valence-electron chi connectivity index (χ4n) is 4.77. The van der Waals surface area contributed by atoms with Crippen molar-refractivity contribution in [1.82, 2.24) is 14.5 Å². The number of rotatable bonds is 2. The van der Waals surface area contributed by atoms with Gasteiger partial charge in [-0.25, -0.2) is 0 Å². The van der Waals surface area contributed by atoms with Gasteiger partial charge in [-0.05, 0) is 37.5 Å². The van der Waals surface area contributed by atoms with Gasteiger partial charge < -0.3 is 14.4 Å². The summed E-state index contributed by atoms with van der Waals surface area (Å²) >= 11 is 0. The number of nitrogens with one attached hydrogen (secondary N) is 1. The normalized spacial score (nSPS) is 18.3. The topological polar surface area (TPSA) is 74.2 Å². The molecule has 2 aromatic heterocycles. The monoisotopic (exact) mass is 377 g/mol. The average molecular weight is 377 g/mol. The zero-order valence-corrected chi connectivity index (χ0v) is 16.1. The van der Waals surface area contributed by atoms with E-state index in [1.54, 1.807) is 4.90 Å². The predicted molar refractivity (Wildman–Crippen MR) is 109 cm³/mol. The van der Waals surface area contributed by atoms with E-state index < -0.39 is 5.41 Å². The molecule has 144 valence electrons. The SMILES string of the molecule is CCn1ccc2c(=O)[nH]c(N3CCC4(CC3)C(=O)N(C)c3ccccc34)nc21. The molecule has 28 heavy (non-hydrogen) atoms. The molecule has 0 bridgehead atoms. The first-order valence-corrected chi connectivity index (χ1v) is 9.77. The number of likely N-dealkylation sites (N-methyl/N-ethyl adjacent to an activating group) is 1. The minimum Gasteiger partial charge on any atom is -0.342 e. The Kier molecular flexibility index (Phi) is 3.62. The summed E-state index contributed by atoms with van der Waals surface area (Å²) in [6.07, 6.45) is 3.32. The van der Waals surface area contributed by atoms with Crippen molar-refractivity contribution >= 4 is 28.6 Å². The molecule has 1 aromatic carbocycles. The third-order valence-electron chi connectivity index (χ3n) is 6.37. The maximum Gasteiger partial charge on any atom is 0.261 e. The Morgan fingerprint density at radius 3 is 2.64 bits per heavy atom. The lowest BCUT2D eigenvalue weighted by atomic mass is 9.73. The summed E-state index contributed by atoms with van der Waals surface area (Å²) < 4.78 is 1.98. The van der Waals surface area contributed by atoms with Gasteiger partial charge in [-0.3, -0.25) is 14.6 Å². The van der Waals surface area contributed by atoms with Crippen molar-refractivity contribution in [3.05, 3.63) is 52.4 Å². The molecule has 0 unspecified atom stereocenters. The lowest BCUT2D eigenvalue weighted by Gasteiger charge is -2.38. The number of amides is 1. The van der Waals surface area contributed by atoms with E-state index in [9.17, 15) is 9.59 Å². The lowest BCUT2D eigenvalue weighted by Crippen LogP contribution is -2.48. The van der Waals surface area contributed by atoms with Crippen LogP contribution in [0.5, 0.6) is 0 Å². The standard InChI is InChI=1S/C21H23N5O2/c1-3-25-11-8-14-17(25)22-20(23-18(14)27)26-12-9-21(10-13-26)15-6-4-5-7-16(15)24(2)19(21)28/h4-8,11H,3,9-10,12-13H2,1-2H3,(H,22,23,27). The molecular weight excluding hydrogens is 354 g/mol. The summed E-state index contributed by atoms with van der Waals surface area (Å²) in [5.74, 6) is 0.762. The highest BCUT2D eigenvalue weighted by molar-refractivity contribution is 6.07. The number of aryl methyl sites for hydroxylation is 1. The molecule has 0 radical (unpaired) electrons. The van der Waals surface area contributed by atoms with Gasteiger partial charge in [0, 0.05) is 38.6 Å². The number of para-hydroxylation sites is 1. The molecule has 2 aliphatic rings. The number of hydrogen-bond acceptors (Lipinski definition) is 4. The number of benzene rings is 1. The van der Waals surface area contributed by atoms with E-state index >= 15 is 0 Å². The molecule has 7 heteroatoms. The third-order valence-corrected chi connectivity index (χ3v) is 6.37. The van der Waals surface area contributed by atoms with Crippen molar-refractivity contribution in [2.24, 2.45) is 0 Å². The van der Waals surface area contributed by atoms with E-state index in [1.165, 1.54) is 0 Å². The molecular formula is C21H23N5O2. The molecule has 1 spiro atoms. The van der Waals surface area contributed by atoms with E-state index in [0.29, 0.717) is 42.9 Å². The molecule has 0 aliphatic carbocycles. The Bertz CT molecular complexity index is 1140. The first-order valence-electron chi connectivity index (χ1n) is 9.77. The lowest BCUT2D eigenvalue weighted by molar-refractivity contribution is -0.123. The van der Waals surface area contributed by atoms with Gasteiger partial charge in [0.1, 0.15) is 5.65 Å². The van der Waals surface area contributed by atoms with Gasteiger partial charge in [0.2, 0.25) is 11.9 Å². The molecule has 2 aliphatic heterocycles. The Balaban J connectivity index is 1.48. The number of piperidine rings is 1. The largest absolute Gasteiger partial charge is 0.342 e. The van der Waals surface area contributed by atoms with Crippen LogP contribution in [-0.4, -0.2) is 40.6 Å².